The lowest BCUT2D eigenvalue weighted by atomic mass is 9.65. The van der Waals surface area contributed by atoms with Crippen LogP contribution in [0, 0.1) is 5.92 Å². The predicted octanol–water partition coefficient (Wildman–Crippen LogP) is 8.76. The highest BCUT2D eigenvalue weighted by Gasteiger charge is 2.60. The molecule has 0 saturated carbocycles. The van der Waals surface area contributed by atoms with Gasteiger partial charge in [0.05, 0.1) is 16.6 Å². The van der Waals surface area contributed by atoms with Crippen LogP contribution in [0.4, 0.5) is 0 Å². The van der Waals surface area contributed by atoms with Crippen molar-refractivity contribution >= 4 is 36.1 Å². The monoisotopic (exact) mass is 582 g/mol. The number of benzene rings is 4. The van der Waals surface area contributed by atoms with E-state index >= 15 is 0 Å². The Morgan fingerprint density at radius 2 is 1.33 bits per heavy atom. The molecule has 1 fully saturated rings. The molecule has 1 saturated heterocycles. The molecule has 0 radical (unpaired) electrons. The van der Waals surface area contributed by atoms with Gasteiger partial charge in [-0.3, -0.25) is 0 Å². The fourth-order valence-electron chi connectivity index (χ4n) is 7.98. The molecule has 0 amide bonds. The second kappa shape index (κ2) is 8.57. The summed E-state index contributed by atoms with van der Waals surface area (Å²) in [4.78, 5) is 5.43. The van der Waals surface area contributed by atoms with Crippen LogP contribution >= 0.6 is 23.5 Å². The molecule has 3 aliphatic carbocycles. The summed E-state index contributed by atoms with van der Waals surface area (Å²) in [5.41, 5.74) is 8.47. The van der Waals surface area contributed by atoms with Gasteiger partial charge >= 0.3 is 7.12 Å². The molecule has 0 N–H and O–H groups in total. The van der Waals surface area contributed by atoms with Gasteiger partial charge in [-0.1, -0.05) is 108 Å². The van der Waals surface area contributed by atoms with Gasteiger partial charge < -0.3 is 9.31 Å². The quantitative estimate of drug-likeness (QED) is 0.184. The lowest BCUT2D eigenvalue weighted by molar-refractivity contribution is 0.00578. The molecule has 4 aromatic carbocycles. The summed E-state index contributed by atoms with van der Waals surface area (Å²) in [5.74, 6) is 0.494. The van der Waals surface area contributed by atoms with Crippen molar-refractivity contribution in [3.05, 3.63) is 125 Å². The SMILES string of the molecule is CC1(C)OB(c2cccc3c2C2C=CC=CC2C32c3ccccc3-c3c2ccc2c3Sc3ccccc3S2)OC1(C)C. The smallest absolute Gasteiger partial charge is 0.399 e. The molecule has 1 spiro atoms. The summed E-state index contributed by atoms with van der Waals surface area (Å²) >= 11 is 3.84. The number of rotatable bonds is 1. The lowest BCUT2D eigenvalue weighted by Gasteiger charge is -2.36. The van der Waals surface area contributed by atoms with Crippen LogP contribution in [0.1, 0.15) is 55.9 Å². The van der Waals surface area contributed by atoms with Gasteiger partial charge in [0.2, 0.25) is 0 Å². The fraction of sp³-hybridized carbons (Fsp3) is 0.243. The second-order valence-corrected chi connectivity index (χ2v) is 15.2. The highest BCUT2D eigenvalue weighted by molar-refractivity contribution is 8.05. The third-order valence-electron chi connectivity index (χ3n) is 10.5. The number of allylic oxidation sites excluding steroid dienone is 4. The van der Waals surface area contributed by atoms with Crippen LogP contribution in [0.15, 0.2) is 123 Å². The molecule has 2 aliphatic heterocycles. The topological polar surface area (TPSA) is 18.5 Å². The Morgan fingerprint density at radius 3 is 2.14 bits per heavy atom. The van der Waals surface area contributed by atoms with Gasteiger partial charge in [0.25, 0.3) is 0 Å². The first kappa shape index (κ1) is 25.5. The molecule has 4 aromatic rings. The first-order valence-electron chi connectivity index (χ1n) is 14.9. The van der Waals surface area contributed by atoms with Gasteiger partial charge in [-0.2, -0.15) is 0 Å². The standard InChI is InChI=1S/C37H31BO2S2/c1-35(2)36(3,4)40-38(39-35)28-17-11-16-26-32(28)22-12-5-7-14-24(22)37(26)25-15-8-6-13-23(25)33-27(37)20-21-31-34(33)42-30-19-10-9-18-29(30)41-31/h5-22,24H,1-4H3. The first-order chi connectivity index (χ1) is 20.3. The van der Waals surface area contributed by atoms with Crippen molar-refractivity contribution in [2.45, 2.75) is 69.8 Å². The van der Waals surface area contributed by atoms with E-state index in [9.17, 15) is 0 Å². The van der Waals surface area contributed by atoms with Crippen molar-refractivity contribution in [2.24, 2.45) is 5.92 Å². The summed E-state index contributed by atoms with van der Waals surface area (Å²) in [6.45, 7) is 8.57. The summed E-state index contributed by atoms with van der Waals surface area (Å²) < 4.78 is 13.4. The highest BCUT2D eigenvalue weighted by Crippen LogP contribution is 2.67. The largest absolute Gasteiger partial charge is 0.495 e. The Hall–Kier alpha value is -2.96. The maximum absolute atomic E-state index is 6.68. The van der Waals surface area contributed by atoms with Crippen molar-refractivity contribution in [3.63, 3.8) is 0 Å². The normalized spacial score (nSPS) is 26.4. The Morgan fingerprint density at radius 1 is 0.643 bits per heavy atom. The predicted molar refractivity (Wildman–Crippen MR) is 173 cm³/mol. The Balaban J connectivity index is 1.32. The van der Waals surface area contributed by atoms with Crippen LogP contribution in [0.25, 0.3) is 11.1 Å². The third-order valence-corrected chi connectivity index (χ3v) is 13.1. The van der Waals surface area contributed by atoms with Crippen molar-refractivity contribution in [1.29, 1.82) is 0 Å². The zero-order valence-corrected chi connectivity index (χ0v) is 25.8. The number of hydrogen-bond acceptors (Lipinski definition) is 4. The van der Waals surface area contributed by atoms with E-state index in [0.717, 1.165) is 0 Å². The van der Waals surface area contributed by atoms with E-state index in [0.29, 0.717) is 0 Å². The van der Waals surface area contributed by atoms with E-state index < -0.39 is 18.3 Å². The van der Waals surface area contributed by atoms with E-state index in [1.807, 2.05) is 23.5 Å². The molecule has 3 unspecified atom stereocenters. The van der Waals surface area contributed by atoms with Crippen LogP contribution in [-0.2, 0) is 14.7 Å². The van der Waals surface area contributed by atoms with Crippen molar-refractivity contribution in [3.8, 4) is 11.1 Å². The Labute approximate surface area is 256 Å². The van der Waals surface area contributed by atoms with Crippen molar-refractivity contribution in [1.82, 2.24) is 0 Å². The van der Waals surface area contributed by atoms with Crippen LogP contribution < -0.4 is 5.46 Å². The number of fused-ring (bicyclic) bond motifs is 13. The van der Waals surface area contributed by atoms with Gasteiger partial charge in [-0.15, -0.1) is 0 Å². The Kier molecular flexibility index (Phi) is 5.21. The van der Waals surface area contributed by atoms with Crippen molar-refractivity contribution < 1.29 is 9.31 Å². The first-order valence-corrected chi connectivity index (χ1v) is 16.5. The molecule has 206 valence electrons. The average Bonchev–Trinajstić information content (AvgIpc) is 3.55. The summed E-state index contributed by atoms with van der Waals surface area (Å²) in [6.07, 6.45) is 9.35. The molecule has 42 heavy (non-hydrogen) atoms. The minimum Gasteiger partial charge on any atom is -0.399 e. The molecule has 0 aromatic heterocycles. The van der Waals surface area contributed by atoms with Crippen LogP contribution in [0.2, 0.25) is 0 Å². The van der Waals surface area contributed by atoms with Crippen LogP contribution in [-0.4, -0.2) is 18.3 Å². The Bertz CT molecular complexity index is 1870. The van der Waals surface area contributed by atoms with Gasteiger partial charge in [-0.05, 0) is 79.2 Å². The third kappa shape index (κ3) is 3.13. The van der Waals surface area contributed by atoms with Gasteiger partial charge in [0, 0.05) is 37.0 Å². The zero-order chi connectivity index (χ0) is 28.4. The summed E-state index contributed by atoms with van der Waals surface area (Å²) in [7, 11) is -0.400. The molecule has 3 atom stereocenters. The molecule has 9 rings (SSSR count). The van der Waals surface area contributed by atoms with Crippen LogP contribution in [0.3, 0.4) is 0 Å². The second-order valence-electron chi connectivity index (χ2n) is 13.0. The van der Waals surface area contributed by atoms with E-state index in [1.54, 1.807) is 0 Å². The van der Waals surface area contributed by atoms with Gasteiger partial charge in [0.15, 0.2) is 0 Å². The lowest BCUT2D eigenvalue weighted by Crippen LogP contribution is -2.41. The fourth-order valence-corrected chi connectivity index (χ4v) is 10.4. The van der Waals surface area contributed by atoms with E-state index in [4.69, 9.17) is 9.31 Å². The highest BCUT2D eigenvalue weighted by atomic mass is 32.2. The van der Waals surface area contributed by atoms with Crippen molar-refractivity contribution in [2.75, 3.05) is 0 Å². The maximum Gasteiger partial charge on any atom is 0.495 e. The van der Waals surface area contributed by atoms with E-state index in [1.165, 1.54) is 58.4 Å². The summed E-state index contributed by atoms with van der Waals surface area (Å²) in [5, 5.41) is 0. The number of hydrogen-bond donors (Lipinski definition) is 0. The average molecular weight is 583 g/mol. The van der Waals surface area contributed by atoms with E-state index in [2.05, 4.69) is 131 Å². The summed E-state index contributed by atoms with van der Waals surface area (Å²) in [6, 6.07) is 29.6. The van der Waals surface area contributed by atoms with Gasteiger partial charge in [0.1, 0.15) is 0 Å². The molecule has 5 heteroatoms. The molecule has 0 bridgehead atoms. The zero-order valence-electron chi connectivity index (χ0n) is 24.2. The minimum atomic E-state index is -0.400. The molecule has 2 heterocycles. The molecular formula is C37H31BO2S2. The maximum atomic E-state index is 6.68. The molecule has 2 nitrogen and oxygen atoms in total. The molecule has 5 aliphatic rings. The van der Waals surface area contributed by atoms with Gasteiger partial charge in [-0.25, -0.2) is 0 Å². The molecular weight excluding hydrogens is 551 g/mol. The van der Waals surface area contributed by atoms with Crippen LogP contribution in [0.5, 0.6) is 0 Å². The minimum absolute atomic E-state index is 0.234. The van der Waals surface area contributed by atoms with E-state index in [-0.39, 0.29) is 17.3 Å².